The smallest absolute Gasteiger partial charge is 0.0837 e. The average molecular weight is 430 g/mol. The molecule has 4 heteroatoms. The molecule has 3 saturated carbocycles. The van der Waals surface area contributed by atoms with Gasteiger partial charge in [0, 0.05) is 25.6 Å². The highest BCUT2D eigenvalue weighted by Crippen LogP contribution is 2.59. The summed E-state index contributed by atoms with van der Waals surface area (Å²) in [6, 6.07) is 0. The van der Waals surface area contributed by atoms with Gasteiger partial charge >= 0.3 is 0 Å². The van der Waals surface area contributed by atoms with Gasteiger partial charge in [-0.25, -0.2) is 0 Å². The van der Waals surface area contributed by atoms with Gasteiger partial charge in [-0.05, 0) is 72.8 Å². The van der Waals surface area contributed by atoms with E-state index in [9.17, 15) is 10.2 Å². The summed E-state index contributed by atoms with van der Waals surface area (Å²) >= 11 is 0. The molecule has 4 rings (SSSR count). The summed E-state index contributed by atoms with van der Waals surface area (Å²) < 4.78 is 5.54. The van der Waals surface area contributed by atoms with E-state index in [1.165, 1.54) is 38.6 Å². The summed E-state index contributed by atoms with van der Waals surface area (Å²) in [4.78, 5) is 2.60. The third-order valence-corrected chi connectivity index (χ3v) is 9.18. The standard InChI is InChI=1S/C27H43NO3/c1-18(17-28-12-14-31-15-13-28)23-9-10-24-21(6-5-11-27(23,24)4)7-8-22-16-25(29)20(3)26(30)19(22)2/h7-8,18,20,23-26,29-30H,2,5-6,9-17H2,1,3-4H3/b21-7+,22-8-/t18?,20-,23+,24-,25+,26+,27+/m0/s1. The number of ether oxygens (including phenoxy) is 1. The van der Waals surface area contributed by atoms with Crippen LogP contribution in [0.3, 0.4) is 0 Å². The molecule has 1 saturated heterocycles. The van der Waals surface area contributed by atoms with E-state index in [4.69, 9.17) is 4.74 Å². The summed E-state index contributed by atoms with van der Waals surface area (Å²) in [6.07, 6.45) is 10.4. The second-order valence-electron chi connectivity index (χ2n) is 11.0. The number of rotatable bonds is 4. The van der Waals surface area contributed by atoms with Crippen molar-refractivity contribution in [3.05, 3.63) is 35.5 Å². The van der Waals surface area contributed by atoms with Gasteiger partial charge in [-0.15, -0.1) is 0 Å². The van der Waals surface area contributed by atoms with Crippen molar-refractivity contribution in [3.8, 4) is 0 Å². The van der Waals surface area contributed by atoms with Crippen LogP contribution in [0.5, 0.6) is 0 Å². The molecule has 0 aromatic heterocycles. The van der Waals surface area contributed by atoms with E-state index in [0.717, 1.165) is 49.3 Å². The zero-order valence-electron chi connectivity index (χ0n) is 19.9. The SMILES string of the molecule is C=C1/C(=C\C=C2/CCC[C@]3(C)[C@@H](C(C)CN4CCOCC4)CC[C@@H]23)C[C@@H](O)[C@H](C)[C@@H]1O. The van der Waals surface area contributed by atoms with Gasteiger partial charge < -0.3 is 14.9 Å². The normalized spacial score (nSPS) is 43.4. The van der Waals surface area contributed by atoms with Crippen LogP contribution in [0.4, 0.5) is 0 Å². The van der Waals surface area contributed by atoms with Gasteiger partial charge in [-0.3, -0.25) is 4.90 Å². The minimum atomic E-state index is -0.637. The van der Waals surface area contributed by atoms with Crippen LogP contribution in [0.15, 0.2) is 35.5 Å². The number of aliphatic hydroxyl groups is 2. The second-order valence-corrected chi connectivity index (χ2v) is 11.0. The van der Waals surface area contributed by atoms with Crippen molar-refractivity contribution in [2.75, 3.05) is 32.8 Å². The Morgan fingerprint density at radius 3 is 2.71 bits per heavy atom. The number of fused-ring (bicyclic) bond motifs is 1. The molecule has 31 heavy (non-hydrogen) atoms. The number of allylic oxidation sites excluding steroid dienone is 3. The van der Waals surface area contributed by atoms with Crippen LogP contribution in [0.25, 0.3) is 0 Å². The van der Waals surface area contributed by atoms with E-state index in [0.29, 0.717) is 17.8 Å². The van der Waals surface area contributed by atoms with Gasteiger partial charge in [0.05, 0.1) is 25.4 Å². The van der Waals surface area contributed by atoms with Gasteiger partial charge in [0.1, 0.15) is 0 Å². The zero-order chi connectivity index (χ0) is 22.2. The molecule has 0 bridgehead atoms. The molecule has 0 spiro atoms. The van der Waals surface area contributed by atoms with Crippen LogP contribution in [-0.4, -0.2) is 60.2 Å². The fraction of sp³-hybridized carbons (Fsp3) is 0.778. The van der Waals surface area contributed by atoms with Crippen molar-refractivity contribution >= 4 is 0 Å². The highest BCUT2D eigenvalue weighted by Gasteiger charge is 2.50. The lowest BCUT2D eigenvalue weighted by atomic mass is 9.61. The fourth-order valence-corrected chi connectivity index (χ4v) is 7.18. The van der Waals surface area contributed by atoms with Gasteiger partial charge in [0.2, 0.25) is 0 Å². The molecule has 7 atom stereocenters. The summed E-state index contributed by atoms with van der Waals surface area (Å²) in [6.45, 7) is 16.2. The number of hydrogen-bond donors (Lipinski definition) is 2. The first kappa shape index (κ1) is 23.2. The van der Waals surface area contributed by atoms with Crippen LogP contribution in [-0.2, 0) is 4.74 Å². The molecule has 1 unspecified atom stereocenters. The Bertz CT molecular complexity index is 722. The van der Waals surface area contributed by atoms with E-state index < -0.39 is 12.2 Å². The molecule has 0 radical (unpaired) electrons. The molecule has 1 aliphatic heterocycles. The Morgan fingerprint density at radius 2 is 1.97 bits per heavy atom. The Kier molecular flexibility index (Phi) is 7.12. The lowest BCUT2D eigenvalue weighted by molar-refractivity contribution is 0.0154. The summed E-state index contributed by atoms with van der Waals surface area (Å²) in [5.41, 5.74) is 3.79. The van der Waals surface area contributed by atoms with Gasteiger partial charge in [-0.1, -0.05) is 45.1 Å². The number of nitrogens with zero attached hydrogens (tertiary/aromatic N) is 1. The largest absolute Gasteiger partial charge is 0.392 e. The molecule has 174 valence electrons. The Hall–Kier alpha value is -0.940. The minimum absolute atomic E-state index is 0.140. The van der Waals surface area contributed by atoms with Crippen molar-refractivity contribution < 1.29 is 14.9 Å². The van der Waals surface area contributed by atoms with Crippen LogP contribution in [0.1, 0.15) is 59.3 Å². The van der Waals surface area contributed by atoms with Gasteiger partial charge in [0.15, 0.2) is 0 Å². The van der Waals surface area contributed by atoms with Gasteiger partial charge in [0.25, 0.3) is 0 Å². The summed E-state index contributed by atoms with van der Waals surface area (Å²) in [5, 5.41) is 20.7. The van der Waals surface area contributed by atoms with Crippen LogP contribution >= 0.6 is 0 Å². The quantitative estimate of drug-likeness (QED) is 0.698. The van der Waals surface area contributed by atoms with E-state index in [1.807, 2.05) is 6.92 Å². The van der Waals surface area contributed by atoms with Crippen molar-refractivity contribution in [2.24, 2.45) is 29.1 Å². The number of hydrogen-bond acceptors (Lipinski definition) is 4. The van der Waals surface area contributed by atoms with Gasteiger partial charge in [-0.2, -0.15) is 0 Å². The first-order valence-corrected chi connectivity index (χ1v) is 12.6. The van der Waals surface area contributed by atoms with Crippen molar-refractivity contribution in [1.82, 2.24) is 4.90 Å². The molecule has 0 amide bonds. The number of aliphatic hydroxyl groups excluding tert-OH is 2. The molecule has 4 fully saturated rings. The monoisotopic (exact) mass is 429 g/mol. The third kappa shape index (κ3) is 4.59. The lowest BCUT2D eigenvalue weighted by Crippen LogP contribution is -2.43. The average Bonchev–Trinajstić information content (AvgIpc) is 3.12. The predicted octanol–water partition coefficient (Wildman–Crippen LogP) is 4.34. The molecule has 4 aliphatic rings. The van der Waals surface area contributed by atoms with E-state index >= 15 is 0 Å². The highest BCUT2D eigenvalue weighted by atomic mass is 16.5. The molecule has 1 heterocycles. The molecule has 0 aromatic rings. The first-order chi connectivity index (χ1) is 14.8. The third-order valence-electron chi connectivity index (χ3n) is 9.18. The van der Waals surface area contributed by atoms with E-state index in [1.54, 1.807) is 5.57 Å². The molecule has 2 N–H and O–H groups in total. The Balaban J connectivity index is 1.47. The fourth-order valence-electron chi connectivity index (χ4n) is 7.18. The predicted molar refractivity (Wildman–Crippen MR) is 126 cm³/mol. The summed E-state index contributed by atoms with van der Waals surface area (Å²) in [5.74, 6) is 2.03. The topological polar surface area (TPSA) is 52.9 Å². The second kappa shape index (κ2) is 9.51. The number of morpholine rings is 1. The van der Waals surface area contributed by atoms with Crippen LogP contribution in [0.2, 0.25) is 0 Å². The zero-order valence-corrected chi connectivity index (χ0v) is 19.9. The maximum Gasteiger partial charge on any atom is 0.0837 e. The summed E-state index contributed by atoms with van der Waals surface area (Å²) in [7, 11) is 0. The Morgan fingerprint density at radius 1 is 1.23 bits per heavy atom. The van der Waals surface area contributed by atoms with Crippen LogP contribution < -0.4 is 0 Å². The molecule has 3 aliphatic carbocycles. The van der Waals surface area contributed by atoms with Crippen molar-refractivity contribution in [2.45, 2.75) is 71.5 Å². The maximum absolute atomic E-state index is 10.4. The van der Waals surface area contributed by atoms with E-state index in [2.05, 4.69) is 37.5 Å². The highest BCUT2D eigenvalue weighted by molar-refractivity contribution is 5.39. The van der Waals surface area contributed by atoms with E-state index in [-0.39, 0.29) is 5.92 Å². The Labute approximate surface area is 189 Å². The van der Waals surface area contributed by atoms with Crippen molar-refractivity contribution in [1.29, 1.82) is 0 Å². The molecular formula is C27H43NO3. The van der Waals surface area contributed by atoms with Crippen LogP contribution in [0, 0.1) is 29.1 Å². The first-order valence-electron chi connectivity index (χ1n) is 12.6. The lowest BCUT2D eigenvalue weighted by Gasteiger charge is -2.45. The maximum atomic E-state index is 10.4. The van der Waals surface area contributed by atoms with Crippen molar-refractivity contribution in [3.63, 3.8) is 0 Å². The molecule has 0 aromatic carbocycles. The molecule has 4 nitrogen and oxygen atoms in total. The minimum Gasteiger partial charge on any atom is -0.392 e. The molecular weight excluding hydrogens is 386 g/mol.